The molecule has 0 heterocycles. The van der Waals surface area contributed by atoms with Crippen molar-refractivity contribution in [2.75, 3.05) is 5.33 Å². The molecule has 0 N–H and O–H groups in total. The molecule has 0 aromatic heterocycles. The number of rotatable bonds is 7. The standard InChI is InChI=1S/C8H13BrO2.C5H8O2/c1-6(10)8(7(2)11)4-3-5-9;1-4(6)3-5(2)7/h8H,3-5H2,1-2H3;3H2,1-2H3. The van der Waals surface area contributed by atoms with Crippen molar-refractivity contribution in [3.63, 3.8) is 0 Å². The molecule has 0 atom stereocenters. The van der Waals surface area contributed by atoms with E-state index in [0.717, 1.165) is 11.8 Å². The van der Waals surface area contributed by atoms with E-state index in [1.807, 2.05) is 0 Å². The maximum atomic E-state index is 10.9. The fraction of sp³-hybridized carbons (Fsp3) is 0.692. The van der Waals surface area contributed by atoms with Crippen molar-refractivity contribution in [3.8, 4) is 0 Å². The van der Waals surface area contributed by atoms with Crippen molar-refractivity contribution in [1.82, 2.24) is 0 Å². The van der Waals surface area contributed by atoms with E-state index in [2.05, 4.69) is 15.9 Å². The van der Waals surface area contributed by atoms with E-state index in [4.69, 9.17) is 0 Å². The van der Waals surface area contributed by atoms with Gasteiger partial charge in [-0.25, -0.2) is 0 Å². The van der Waals surface area contributed by atoms with Gasteiger partial charge < -0.3 is 0 Å². The topological polar surface area (TPSA) is 68.3 Å². The fourth-order valence-corrected chi connectivity index (χ4v) is 1.65. The van der Waals surface area contributed by atoms with Gasteiger partial charge in [0.15, 0.2) is 0 Å². The summed E-state index contributed by atoms with van der Waals surface area (Å²) in [4.78, 5) is 41.8. The van der Waals surface area contributed by atoms with Crippen molar-refractivity contribution in [1.29, 1.82) is 0 Å². The number of halogens is 1. The summed E-state index contributed by atoms with van der Waals surface area (Å²) in [6, 6.07) is 0. The molecule has 0 amide bonds. The second-order valence-electron chi connectivity index (χ2n) is 4.19. The van der Waals surface area contributed by atoms with Crippen LogP contribution in [0.25, 0.3) is 0 Å². The molecule has 104 valence electrons. The molecule has 0 aliphatic rings. The van der Waals surface area contributed by atoms with E-state index in [1.165, 1.54) is 27.7 Å². The normalized spacial score (nSPS) is 9.44. The molecule has 0 aromatic carbocycles. The third-order valence-electron chi connectivity index (χ3n) is 2.11. The molecular weight excluding hydrogens is 300 g/mol. The average molecular weight is 321 g/mol. The highest BCUT2D eigenvalue weighted by Gasteiger charge is 2.17. The molecule has 0 fully saturated rings. The molecule has 0 unspecified atom stereocenters. The number of Topliss-reactive ketones (excluding diaryl/α,β-unsaturated/α-hetero) is 4. The van der Waals surface area contributed by atoms with Crippen molar-refractivity contribution in [2.45, 2.75) is 47.0 Å². The molecule has 0 saturated heterocycles. The van der Waals surface area contributed by atoms with E-state index in [1.54, 1.807) is 0 Å². The van der Waals surface area contributed by atoms with Crippen molar-refractivity contribution >= 4 is 39.1 Å². The van der Waals surface area contributed by atoms with Crippen LogP contribution in [0.5, 0.6) is 0 Å². The number of hydrogen-bond acceptors (Lipinski definition) is 4. The molecule has 0 aromatic rings. The van der Waals surface area contributed by atoms with Gasteiger partial charge in [-0.05, 0) is 40.5 Å². The van der Waals surface area contributed by atoms with E-state index in [-0.39, 0.29) is 35.5 Å². The van der Waals surface area contributed by atoms with E-state index < -0.39 is 0 Å². The van der Waals surface area contributed by atoms with Crippen LogP contribution in [0.2, 0.25) is 0 Å². The van der Waals surface area contributed by atoms with Crippen LogP contribution in [0.4, 0.5) is 0 Å². The van der Waals surface area contributed by atoms with Gasteiger partial charge in [-0.3, -0.25) is 19.2 Å². The zero-order valence-corrected chi connectivity index (χ0v) is 13.0. The van der Waals surface area contributed by atoms with Gasteiger partial charge in [-0.15, -0.1) is 0 Å². The third-order valence-corrected chi connectivity index (χ3v) is 2.67. The molecule has 0 spiro atoms. The van der Waals surface area contributed by atoms with Crippen LogP contribution in [-0.4, -0.2) is 28.5 Å². The average Bonchev–Trinajstić information content (AvgIpc) is 2.15. The Bertz CT molecular complexity index is 284. The highest BCUT2D eigenvalue weighted by atomic mass is 79.9. The zero-order chi connectivity index (χ0) is 14.7. The summed E-state index contributed by atoms with van der Waals surface area (Å²) in [7, 11) is 0. The summed E-state index contributed by atoms with van der Waals surface area (Å²) in [6.07, 6.45) is 1.64. The lowest BCUT2D eigenvalue weighted by Gasteiger charge is -2.07. The van der Waals surface area contributed by atoms with Crippen LogP contribution < -0.4 is 0 Å². The summed E-state index contributed by atoms with van der Waals surface area (Å²) >= 11 is 3.25. The Morgan fingerprint density at radius 3 is 1.44 bits per heavy atom. The van der Waals surface area contributed by atoms with E-state index >= 15 is 0 Å². The Morgan fingerprint density at radius 2 is 1.28 bits per heavy atom. The Kier molecular flexibility index (Phi) is 12.2. The predicted molar refractivity (Wildman–Crippen MR) is 73.9 cm³/mol. The molecule has 5 heteroatoms. The van der Waals surface area contributed by atoms with Gasteiger partial charge >= 0.3 is 0 Å². The van der Waals surface area contributed by atoms with Gasteiger partial charge in [-0.2, -0.15) is 0 Å². The quantitative estimate of drug-likeness (QED) is 0.534. The third kappa shape index (κ3) is 13.2. The number of ketones is 4. The lowest BCUT2D eigenvalue weighted by molar-refractivity contribution is -0.131. The minimum atomic E-state index is -0.368. The highest BCUT2D eigenvalue weighted by Crippen LogP contribution is 2.10. The van der Waals surface area contributed by atoms with Crippen molar-refractivity contribution in [3.05, 3.63) is 0 Å². The summed E-state index contributed by atoms with van der Waals surface area (Å²) in [5.74, 6) is -0.524. The maximum Gasteiger partial charge on any atom is 0.140 e. The minimum Gasteiger partial charge on any atom is -0.300 e. The minimum absolute atomic E-state index is 0.0153. The summed E-state index contributed by atoms with van der Waals surface area (Å²) in [5, 5.41) is 0.851. The maximum absolute atomic E-state index is 10.9. The number of alkyl halides is 1. The van der Waals surface area contributed by atoms with E-state index in [9.17, 15) is 19.2 Å². The summed E-state index contributed by atoms with van der Waals surface area (Å²) in [5.41, 5.74) is 0. The molecule has 0 aliphatic carbocycles. The first-order valence-corrected chi connectivity index (χ1v) is 6.90. The van der Waals surface area contributed by atoms with Crippen molar-refractivity contribution in [2.24, 2.45) is 5.92 Å². The van der Waals surface area contributed by atoms with E-state index in [0.29, 0.717) is 6.42 Å². The predicted octanol–water partition coefficient (Wildman–Crippen LogP) is 2.51. The molecule has 4 nitrogen and oxygen atoms in total. The molecular formula is C13H21BrO4. The van der Waals surface area contributed by atoms with Gasteiger partial charge in [0.05, 0.1) is 12.3 Å². The first-order chi connectivity index (χ1) is 8.22. The molecule has 0 rings (SSSR count). The second-order valence-corrected chi connectivity index (χ2v) is 4.98. The van der Waals surface area contributed by atoms with Crippen LogP contribution in [0.1, 0.15) is 47.0 Å². The zero-order valence-electron chi connectivity index (χ0n) is 11.4. The van der Waals surface area contributed by atoms with Gasteiger partial charge in [0.1, 0.15) is 23.1 Å². The van der Waals surface area contributed by atoms with Crippen LogP contribution in [0.3, 0.4) is 0 Å². The molecule has 0 saturated carbocycles. The Hall–Kier alpha value is -0.840. The first kappa shape index (κ1) is 19.5. The molecule has 18 heavy (non-hydrogen) atoms. The number of hydrogen-bond donors (Lipinski definition) is 0. The van der Waals surface area contributed by atoms with Crippen LogP contribution >= 0.6 is 15.9 Å². The molecule has 0 bridgehead atoms. The van der Waals surface area contributed by atoms with Crippen LogP contribution in [-0.2, 0) is 19.2 Å². The van der Waals surface area contributed by atoms with Gasteiger partial charge in [0.2, 0.25) is 0 Å². The summed E-state index contributed by atoms with van der Waals surface area (Å²) in [6.45, 7) is 5.75. The first-order valence-electron chi connectivity index (χ1n) is 5.78. The monoisotopic (exact) mass is 320 g/mol. The Morgan fingerprint density at radius 1 is 0.889 bits per heavy atom. The van der Waals surface area contributed by atoms with Gasteiger partial charge in [-0.1, -0.05) is 15.9 Å². The highest BCUT2D eigenvalue weighted by molar-refractivity contribution is 9.09. The Balaban J connectivity index is 0. The Labute approximate surface area is 117 Å². The molecule has 0 radical (unpaired) electrons. The lowest BCUT2D eigenvalue weighted by Crippen LogP contribution is -2.19. The molecule has 0 aliphatic heterocycles. The smallest absolute Gasteiger partial charge is 0.140 e. The lowest BCUT2D eigenvalue weighted by atomic mass is 9.96. The SMILES string of the molecule is CC(=O)C(CCCBr)C(C)=O.CC(=O)CC(C)=O. The van der Waals surface area contributed by atoms with Gasteiger partial charge in [0.25, 0.3) is 0 Å². The number of carbonyl (C=O) groups excluding carboxylic acids is 4. The fourth-order valence-electron chi connectivity index (χ4n) is 1.32. The summed E-state index contributed by atoms with van der Waals surface area (Å²) < 4.78 is 0. The largest absolute Gasteiger partial charge is 0.300 e. The van der Waals surface area contributed by atoms with Crippen LogP contribution in [0.15, 0.2) is 0 Å². The number of carbonyl (C=O) groups is 4. The second kappa shape index (κ2) is 11.3. The van der Waals surface area contributed by atoms with Gasteiger partial charge in [0, 0.05) is 5.33 Å². The van der Waals surface area contributed by atoms with Crippen molar-refractivity contribution < 1.29 is 19.2 Å². The van der Waals surface area contributed by atoms with Crippen LogP contribution in [0, 0.1) is 5.92 Å².